The number of hydrogen-bond donors (Lipinski definition) is 0. The van der Waals surface area contributed by atoms with Gasteiger partial charge < -0.3 is 9.53 Å². The average molecular weight is 87.1 g/mol. The summed E-state index contributed by atoms with van der Waals surface area (Å²) in [5.41, 5.74) is 0. The molecule has 0 spiro atoms. The summed E-state index contributed by atoms with van der Waals surface area (Å²) in [6.07, 6.45) is 0.615. The monoisotopic (exact) mass is 87.0 g/mol. The fourth-order valence-electron chi connectivity index (χ4n) is 0.136. The maximum atomic E-state index is 9.38. The van der Waals surface area contributed by atoms with Crippen molar-refractivity contribution in [3.63, 3.8) is 0 Å². The third-order valence-corrected chi connectivity index (χ3v) is 0.318. The minimum Gasteiger partial charge on any atom is -0.368 e. The van der Waals surface area contributed by atoms with Crippen LogP contribution in [0.2, 0.25) is 0 Å². The third-order valence-electron chi connectivity index (χ3n) is 0.318. The molecule has 0 saturated heterocycles. The lowest BCUT2D eigenvalue weighted by atomic mass is 10.8. The molecule has 0 aromatic heterocycles. The van der Waals surface area contributed by atoms with E-state index in [1.54, 1.807) is 0 Å². The van der Waals surface area contributed by atoms with Crippen LogP contribution in [-0.2, 0) is 9.53 Å². The topological polar surface area (TPSA) is 26.3 Å². The van der Waals surface area contributed by atoms with Crippen molar-refractivity contribution < 1.29 is 9.53 Å². The lowest BCUT2D eigenvalue weighted by Crippen LogP contribution is -1.84. The quantitative estimate of drug-likeness (QED) is 0.367. The highest BCUT2D eigenvalue weighted by Gasteiger charge is 1.73. The van der Waals surface area contributed by atoms with Crippen molar-refractivity contribution in [1.29, 1.82) is 0 Å². The largest absolute Gasteiger partial charge is 0.368 e. The summed E-state index contributed by atoms with van der Waals surface area (Å²) in [5.74, 6) is 0. The minimum absolute atomic E-state index is 0.568. The van der Waals surface area contributed by atoms with Crippen LogP contribution in [0.25, 0.3) is 0 Å². The highest BCUT2D eigenvalue weighted by atomic mass is 16.5. The Labute approximate surface area is 37.1 Å². The summed E-state index contributed by atoms with van der Waals surface area (Å²) in [5, 5.41) is 0. The van der Waals surface area contributed by atoms with Crippen LogP contribution in [0.3, 0.4) is 0 Å². The Morgan fingerprint density at radius 2 is 2.50 bits per heavy atom. The number of carbonyl (C=O) groups excluding carboxylic acids is 1. The van der Waals surface area contributed by atoms with Gasteiger partial charge in [0.1, 0.15) is 6.61 Å². The second-order valence-electron chi connectivity index (χ2n) is 0.728. The Balaban J connectivity index is 2.49. The van der Waals surface area contributed by atoms with Crippen molar-refractivity contribution in [3.8, 4) is 0 Å². The summed E-state index contributed by atoms with van der Waals surface area (Å²) in [6, 6.07) is 0. The molecule has 35 valence electrons. The van der Waals surface area contributed by atoms with Crippen molar-refractivity contribution in [2.45, 2.75) is 6.92 Å². The lowest BCUT2D eigenvalue weighted by Gasteiger charge is -1.84. The Bertz CT molecular complexity index is 34.5. The average Bonchev–Trinajstić information content (AvgIpc) is 1.61. The molecule has 0 amide bonds. The molecule has 0 rings (SSSR count). The van der Waals surface area contributed by atoms with E-state index < -0.39 is 0 Å². The van der Waals surface area contributed by atoms with E-state index in [-0.39, 0.29) is 0 Å². The number of ether oxygens (including phenoxy) is 1. The summed E-state index contributed by atoms with van der Waals surface area (Å²) >= 11 is 0. The second kappa shape index (κ2) is 4.63. The SMILES string of the molecule is CCO[CH]C=O. The molecule has 6 heavy (non-hydrogen) atoms. The van der Waals surface area contributed by atoms with E-state index in [0.29, 0.717) is 12.9 Å². The van der Waals surface area contributed by atoms with Gasteiger partial charge in [0.25, 0.3) is 0 Å². The third kappa shape index (κ3) is 3.63. The van der Waals surface area contributed by atoms with Gasteiger partial charge in [0.05, 0.1) is 0 Å². The van der Waals surface area contributed by atoms with Gasteiger partial charge in [-0.3, -0.25) is 0 Å². The van der Waals surface area contributed by atoms with Crippen LogP contribution in [0, 0.1) is 6.61 Å². The lowest BCUT2D eigenvalue weighted by molar-refractivity contribution is -0.108. The van der Waals surface area contributed by atoms with E-state index in [1.807, 2.05) is 6.92 Å². The minimum atomic E-state index is 0.568. The fraction of sp³-hybridized carbons (Fsp3) is 0.500. The van der Waals surface area contributed by atoms with E-state index in [9.17, 15) is 4.79 Å². The smallest absolute Gasteiger partial charge is 0.151 e. The molecule has 0 atom stereocenters. The molecule has 0 aliphatic rings. The zero-order valence-electron chi connectivity index (χ0n) is 3.68. The number of carbonyl (C=O) groups is 1. The first kappa shape index (κ1) is 5.63. The van der Waals surface area contributed by atoms with Crippen molar-refractivity contribution in [1.82, 2.24) is 0 Å². The van der Waals surface area contributed by atoms with Crippen LogP contribution >= 0.6 is 0 Å². The molecule has 0 unspecified atom stereocenters. The van der Waals surface area contributed by atoms with Gasteiger partial charge in [-0.1, -0.05) is 0 Å². The predicted molar refractivity (Wildman–Crippen MR) is 22.0 cm³/mol. The van der Waals surface area contributed by atoms with Crippen molar-refractivity contribution >= 4 is 6.29 Å². The van der Waals surface area contributed by atoms with Crippen LogP contribution < -0.4 is 0 Å². The van der Waals surface area contributed by atoms with Crippen LogP contribution in [0.4, 0.5) is 0 Å². The number of rotatable bonds is 3. The molecule has 0 aromatic carbocycles. The Kier molecular flexibility index (Phi) is 4.34. The highest BCUT2D eigenvalue weighted by molar-refractivity contribution is 5.58. The van der Waals surface area contributed by atoms with E-state index >= 15 is 0 Å². The van der Waals surface area contributed by atoms with Crippen LogP contribution in [0.5, 0.6) is 0 Å². The van der Waals surface area contributed by atoms with Crippen molar-refractivity contribution in [2.24, 2.45) is 0 Å². The first-order valence-corrected chi connectivity index (χ1v) is 1.80. The molecule has 1 radical (unpaired) electrons. The first-order chi connectivity index (χ1) is 2.91. The fourth-order valence-corrected chi connectivity index (χ4v) is 0.136. The van der Waals surface area contributed by atoms with E-state index in [0.717, 1.165) is 6.61 Å². The summed E-state index contributed by atoms with van der Waals surface area (Å²) in [4.78, 5) is 9.38. The van der Waals surface area contributed by atoms with E-state index in [4.69, 9.17) is 0 Å². The molecule has 0 aliphatic heterocycles. The summed E-state index contributed by atoms with van der Waals surface area (Å²) < 4.78 is 4.49. The highest BCUT2D eigenvalue weighted by Crippen LogP contribution is 1.70. The Morgan fingerprint density at radius 3 is 2.67 bits per heavy atom. The molecule has 0 heterocycles. The summed E-state index contributed by atoms with van der Waals surface area (Å²) in [7, 11) is 0. The zero-order valence-corrected chi connectivity index (χ0v) is 3.68. The standard InChI is InChI=1S/C4H7O2/c1-2-6-4-3-5/h3-4H,2H2,1H3. The molecule has 0 bridgehead atoms. The Hall–Kier alpha value is -0.370. The number of hydrogen-bond acceptors (Lipinski definition) is 2. The van der Waals surface area contributed by atoms with Gasteiger partial charge in [-0.25, -0.2) is 0 Å². The second-order valence-corrected chi connectivity index (χ2v) is 0.728. The van der Waals surface area contributed by atoms with Gasteiger partial charge in [0.2, 0.25) is 0 Å². The van der Waals surface area contributed by atoms with Gasteiger partial charge in [-0.2, -0.15) is 0 Å². The molecule has 2 heteroatoms. The van der Waals surface area contributed by atoms with Gasteiger partial charge in [-0.05, 0) is 6.92 Å². The van der Waals surface area contributed by atoms with Crippen molar-refractivity contribution in [2.75, 3.05) is 6.61 Å². The van der Waals surface area contributed by atoms with Gasteiger partial charge in [-0.15, -0.1) is 0 Å². The zero-order chi connectivity index (χ0) is 4.83. The molecule has 0 aliphatic carbocycles. The van der Waals surface area contributed by atoms with Crippen molar-refractivity contribution in [3.05, 3.63) is 6.61 Å². The van der Waals surface area contributed by atoms with Crippen LogP contribution in [0.15, 0.2) is 0 Å². The van der Waals surface area contributed by atoms with Gasteiger partial charge >= 0.3 is 0 Å². The molecular weight excluding hydrogens is 80.0 g/mol. The molecule has 0 aromatic rings. The molecular formula is C4H7O2. The summed E-state index contributed by atoms with van der Waals surface area (Å²) in [6.45, 7) is 3.51. The van der Waals surface area contributed by atoms with E-state index in [1.165, 1.54) is 0 Å². The molecule has 0 N–H and O–H groups in total. The predicted octanol–water partition coefficient (Wildman–Crippen LogP) is 0.384. The maximum Gasteiger partial charge on any atom is 0.151 e. The molecule has 0 saturated carbocycles. The molecule has 0 fully saturated rings. The van der Waals surface area contributed by atoms with E-state index in [2.05, 4.69) is 4.74 Å². The Morgan fingerprint density at radius 1 is 1.83 bits per heavy atom. The van der Waals surface area contributed by atoms with Gasteiger partial charge in [0.15, 0.2) is 6.29 Å². The van der Waals surface area contributed by atoms with Gasteiger partial charge in [0, 0.05) is 6.61 Å². The number of aldehydes is 1. The first-order valence-electron chi connectivity index (χ1n) is 1.80. The van der Waals surface area contributed by atoms with Crippen LogP contribution in [-0.4, -0.2) is 12.9 Å². The maximum absolute atomic E-state index is 9.38. The van der Waals surface area contributed by atoms with Crippen LogP contribution in [0.1, 0.15) is 6.92 Å². The molecule has 2 nitrogen and oxygen atoms in total. The normalized spacial score (nSPS) is 8.17.